The summed E-state index contributed by atoms with van der Waals surface area (Å²) in [7, 11) is -3.71. The van der Waals surface area contributed by atoms with E-state index in [9.17, 15) is 13.2 Å². The van der Waals surface area contributed by atoms with E-state index in [4.69, 9.17) is 0 Å². The Bertz CT molecular complexity index is 1140. The molecule has 0 radical (unpaired) electrons. The van der Waals surface area contributed by atoms with Gasteiger partial charge < -0.3 is 4.90 Å². The number of fused-ring (bicyclic) bond motifs is 1. The van der Waals surface area contributed by atoms with Crippen molar-refractivity contribution in [3.8, 4) is 0 Å². The standard InChI is InChI=1S/C21H19N3O3S/c1-15-5-2-3-7-20(15)28(26,27)23-18-9-8-16-10-12-24(19(16)13-18)21(25)17-6-4-11-22-14-17/h2-9,11,13-14,23H,10,12H2,1H3. The van der Waals surface area contributed by atoms with Crippen molar-refractivity contribution in [3.63, 3.8) is 0 Å². The second-order valence-electron chi connectivity index (χ2n) is 6.66. The fourth-order valence-corrected chi connectivity index (χ4v) is 4.66. The number of hydrogen-bond acceptors (Lipinski definition) is 4. The smallest absolute Gasteiger partial charge is 0.262 e. The van der Waals surface area contributed by atoms with Crippen LogP contribution in [0.2, 0.25) is 0 Å². The van der Waals surface area contributed by atoms with Crippen molar-refractivity contribution in [3.05, 3.63) is 83.7 Å². The number of benzene rings is 2. The number of hydrogen-bond donors (Lipinski definition) is 1. The van der Waals surface area contributed by atoms with E-state index in [1.165, 1.54) is 6.20 Å². The summed E-state index contributed by atoms with van der Waals surface area (Å²) in [6.45, 7) is 2.31. The van der Waals surface area contributed by atoms with Gasteiger partial charge in [0.1, 0.15) is 0 Å². The molecule has 7 heteroatoms. The Balaban J connectivity index is 1.64. The molecule has 4 rings (SSSR count). The van der Waals surface area contributed by atoms with Gasteiger partial charge in [0.25, 0.3) is 15.9 Å². The molecule has 6 nitrogen and oxygen atoms in total. The molecule has 1 aromatic heterocycles. The molecule has 3 aromatic rings. The molecule has 28 heavy (non-hydrogen) atoms. The van der Waals surface area contributed by atoms with E-state index in [0.717, 1.165) is 17.7 Å². The lowest BCUT2D eigenvalue weighted by atomic mass is 10.1. The Morgan fingerprint density at radius 2 is 1.93 bits per heavy atom. The quantitative estimate of drug-likeness (QED) is 0.737. The van der Waals surface area contributed by atoms with Crippen molar-refractivity contribution in [1.29, 1.82) is 0 Å². The maximum Gasteiger partial charge on any atom is 0.262 e. The Hall–Kier alpha value is -3.19. The van der Waals surface area contributed by atoms with E-state index in [0.29, 0.717) is 23.4 Å². The van der Waals surface area contributed by atoms with Crippen LogP contribution in [0.1, 0.15) is 21.5 Å². The summed E-state index contributed by atoms with van der Waals surface area (Å²) >= 11 is 0. The Kier molecular flexibility index (Phi) is 4.60. The molecule has 1 amide bonds. The Morgan fingerprint density at radius 1 is 1.11 bits per heavy atom. The molecule has 0 saturated carbocycles. The molecule has 142 valence electrons. The van der Waals surface area contributed by atoms with Crippen LogP contribution >= 0.6 is 0 Å². The van der Waals surface area contributed by atoms with Crippen LogP contribution in [0.25, 0.3) is 0 Å². The highest BCUT2D eigenvalue weighted by molar-refractivity contribution is 7.92. The van der Waals surface area contributed by atoms with E-state index in [2.05, 4.69) is 9.71 Å². The molecule has 0 aliphatic carbocycles. The highest BCUT2D eigenvalue weighted by Crippen LogP contribution is 2.33. The zero-order valence-corrected chi connectivity index (χ0v) is 16.1. The lowest BCUT2D eigenvalue weighted by molar-refractivity contribution is 0.0989. The summed E-state index contributed by atoms with van der Waals surface area (Å²) in [4.78, 5) is 18.7. The van der Waals surface area contributed by atoms with Crippen molar-refractivity contribution >= 4 is 27.3 Å². The summed E-state index contributed by atoms with van der Waals surface area (Å²) in [5, 5.41) is 0. The minimum Gasteiger partial charge on any atom is -0.308 e. The van der Waals surface area contributed by atoms with Crippen LogP contribution < -0.4 is 9.62 Å². The first kappa shape index (κ1) is 18.2. The second kappa shape index (κ2) is 7.09. The topological polar surface area (TPSA) is 79.4 Å². The van der Waals surface area contributed by atoms with Crippen LogP contribution in [0.4, 0.5) is 11.4 Å². The van der Waals surface area contributed by atoms with Gasteiger partial charge in [0.15, 0.2) is 0 Å². The summed E-state index contributed by atoms with van der Waals surface area (Å²) in [6.07, 6.45) is 3.88. The van der Waals surface area contributed by atoms with E-state index < -0.39 is 10.0 Å². The number of amides is 1. The molecular weight excluding hydrogens is 374 g/mol. The van der Waals surface area contributed by atoms with Gasteiger partial charge in [-0.3, -0.25) is 14.5 Å². The molecule has 0 spiro atoms. The normalized spacial score (nSPS) is 13.2. The molecule has 0 fully saturated rings. The number of carbonyl (C=O) groups is 1. The summed E-state index contributed by atoms with van der Waals surface area (Å²) in [6, 6.07) is 15.6. The average molecular weight is 393 g/mol. The van der Waals surface area contributed by atoms with Crippen LogP contribution in [-0.2, 0) is 16.4 Å². The van der Waals surface area contributed by atoms with E-state index in [-0.39, 0.29) is 10.8 Å². The van der Waals surface area contributed by atoms with Crippen LogP contribution in [0.5, 0.6) is 0 Å². The van der Waals surface area contributed by atoms with Crippen LogP contribution in [0.15, 0.2) is 71.9 Å². The van der Waals surface area contributed by atoms with Gasteiger partial charge in [0.05, 0.1) is 16.1 Å². The van der Waals surface area contributed by atoms with Crippen molar-refractivity contribution in [2.75, 3.05) is 16.2 Å². The SMILES string of the molecule is Cc1ccccc1S(=O)(=O)Nc1ccc2c(c1)N(C(=O)c1cccnc1)CC2. The summed E-state index contributed by atoms with van der Waals surface area (Å²) < 4.78 is 28.1. The number of pyridine rings is 1. The molecule has 0 unspecified atom stereocenters. The molecule has 2 aromatic carbocycles. The van der Waals surface area contributed by atoms with Gasteiger partial charge in [0, 0.05) is 24.6 Å². The third-order valence-electron chi connectivity index (χ3n) is 4.77. The number of rotatable bonds is 4. The van der Waals surface area contributed by atoms with Crippen LogP contribution in [-0.4, -0.2) is 25.9 Å². The monoisotopic (exact) mass is 393 g/mol. The van der Waals surface area contributed by atoms with Crippen LogP contribution in [0, 0.1) is 6.92 Å². The van der Waals surface area contributed by atoms with Gasteiger partial charge in [-0.2, -0.15) is 0 Å². The first-order chi connectivity index (χ1) is 13.5. The molecule has 0 atom stereocenters. The van der Waals surface area contributed by atoms with E-state index >= 15 is 0 Å². The molecule has 2 heterocycles. The largest absolute Gasteiger partial charge is 0.308 e. The number of sulfonamides is 1. The summed E-state index contributed by atoms with van der Waals surface area (Å²) in [5.41, 5.74) is 3.33. The maximum absolute atomic E-state index is 12.8. The number of nitrogens with one attached hydrogen (secondary N) is 1. The van der Waals surface area contributed by atoms with Gasteiger partial charge in [-0.05, 0) is 54.8 Å². The van der Waals surface area contributed by atoms with Crippen molar-refractivity contribution in [1.82, 2.24) is 4.98 Å². The molecule has 0 bridgehead atoms. The van der Waals surface area contributed by atoms with E-state index in [1.807, 2.05) is 6.07 Å². The van der Waals surface area contributed by atoms with Gasteiger partial charge in [-0.15, -0.1) is 0 Å². The second-order valence-corrected chi connectivity index (χ2v) is 8.31. The fraction of sp³-hybridized carbons (Fsp3) is 0.143. The number of anilines is 2. The van der Waals surface area contributed by atoms with Gasteiger partial charge >= 0.3 is 0 Å². The third kappa shape index (κ3) is 3.36. The lowest BCUT2D eigenvalue weighted by Crippen LogP contribution is -2.29. The Labute approximate surface area is 163 Å². The molecule has 1 aliphatic heterocycles. The Morgan fingerprint density at radius 3 is 2.68 bits per heavy atom. The zero-order valence-electron chi connectivity index (χ0n) is 15.3. The third-order valence-corrected chi connectivity index (χ3v) is 6.31. The molecule has 1 aliphatic rings. The lowest BCUT2D eigenvalue weighted by Gasteiger charge is -2.18. The highest BCUT2D eigenvalue weighted by Gasteiger charge is 2.26. The van der Waals surface area contributed by atoms with Crippen molar-refractivity contribution in [2.45, 2.75) is 18.2 Å². The van der Waals surface area contributed by atoms with Crippen molar-refractivity contribution < 1.29 is 13.2 Å². The molecule has 1 N–H and O–H groups in total. The van der Waals surface area contributed by atoms with E-state index in [1.54, 1.807) is 66.6 Å². The first-order valence-corrected chi connectivity index (χ1v) is 10.4. The number of aromatic nitrogens is 1. The molecular formula is C21H19N3O3S. The number of nitrogens with zero attached hydrogens (tertiary/aromatic N) is 2. The zero-order chi connectivity index (χ0) is 19.7. The minimum absolute atomic E-state index is 0.147. The minimum atomic E-state index is -3.71. The maximum atomic E-state index is 12.8. The average Bonchev–Trinajstić information content (AvgIpc) is 3.11. The summed E-state index contributed by atoms with van der Waals surface area (Å²) in [5.74, 6) is -0.147. The molecule has 0 saturated heterocycles. The first-order valence-electron chi connectivity index (χ1n) is 8.89. The van der Waals surface area contributed by atoms with Gasteiger partial charge in [-0.1, -0.05) is 24.3 Å². The fourth-order valence-electron chi connectivity index (χ4n) is 3.37. The highest BCUT2D eigenvalue weighted by atomic mass is 32.2. The number of aryl methyl sites for hydroxylation is 1. The predicted octanol–water partition coefficient (Wildman–Crippen LogP) is 3.39. The van der Waals surface area contributed by atoms with Crippen molar-refractivity contribution in [2.24, 2.45) is 0 Å². The predicted molar refractivity (Wildman–Crippen MR) is 108 cm³/mol. The number of carbonyl (C=O) groups excluding carboxylic acids is 1. The van der Waals surface area contributed by atoms with Crippen LogP contribution in [0.3, 0.4) is 0 Å². The van der Waals surface area contributed by atoms with Gasteiger partial charge in [0.2, 0.25) is 0 Å². The van der Waals surface area contributed by atoms with Gasteiger partial charge in [-0.25, -0.2) is 8.42 Å².